The molecule has 0 saturated heterocycles. The highest BCUT2D eigenvalue weighted by atomic mass is 32.1. The fourth-order valence-electron chi connectivity index (χ4n) is 4.07. The van der Waals surface area contributed by atoms with Crippen molar-refractivity contribution in [2.45, 2.75) is 20.8 Å². The number of pyridine rings is 1. The van der Waals surface area contributed by atoms with Gasteiger partial charge in [-0.25, -0.2) is 14.5 Å². The maximum atomic E-state index is 13.3. The SMILES string of the molecule is Cc1ccc(C)c(C(=O)COC(=O)c2cc(-c3cccs3)nc3c2c(C)nn3-c2ccccc2)c1. The van der Waals surface area contributed by atoms with Crippen LogP contribution in [0.1, 0.15) is 37.5 Å². The van der Waals surface area contributed by atoms with Crippen molar-refractivity contribution < 1.29 is 14.3 Å². The number of nitrogens with zero attached hydrogens (tertiary/aromatic N) is 3. The molecule has 0 amide bonds. The lowest BCUT2D eigenvalue weighted by molar-refractivity contribution is 0.0476. The summed E-state index contributed by atoms with van der Waals surface area (Å²) in [6, 6.07) is 20.9. The Bertz CT molecular complexity index is 1550. The van der Waals surface area contributed by atoms with E-state index < -0.39 is 5.97 Å². The van der Waals surface area contributed by atoms with Crippen LogP contribution in [0, 0.1) is 20.8 Å². The van der Waals surface area contributed by atoms with Crippen LogP contribution in [0.25, 0.3) is 27.3 Å². The molecule has 0 spiro atoms. The molecule has 7 heteroatoms. The van der Waals surface area contributed by atoms with Crippen LogP contribution in [0.15, 0.2) is 72.1 Å². The van der Waals surface area contributed by atoms with Crippen molar-refractivity contribution in [1.82, 2.24) is 14.8 Å². The lowest BCUT2D eigenvalue weighted by Gasteiger charge is -2.10. The van der Waals surface area contributed by atoms with E-state index in [0.717, 1.165) is 21.7 Å². The zero-order chi connectivity index (χ0) is 24.5. The lowest BCUT2D eigenvalue weighted by atomic mass is 10.0. The fraction of sp³-hybridized carbons (Fsp3) is 0.143. The average Bonchev–Trinajstić information content (AvgIpc) is 3.52. The number of aryl methyl sites for hydroxylation is 3. The minimum atomic E-state index is -0.579. The van der Waals surface area contributed by atoms with Gasteiger partial charge in [0.05, 0.1) is 32.9 Å². The number of hydrogen-bond donors (Lipinski definition) is 0. The van der Waals surface area contributed by atoms with Crippen LogP contribution in [0.5, 0.6) is 0 Å². The van der Waals surface area contributed by atoms with Crippen molar-refractivity contribution in [2.75, 3.05) is 6.61 Å². The second-order valence-corrected chi connectivity index (χ2v) is 9.33. The van der Waals surface area contributed by atoms with Gasteiger partial charge < -0.3 is 4.74 Å². The van der Waals surface area contributed by atoms with Gasteiger partial charge in [0.25, 0.3) is 0 Å². The van der Waals surface area contributed by atoms with Crippen LogP contribution >= 0.6 is 11.3 Å². The molecule has 5 rings (SSSR count). The Morgan fingerprint density at radius 3 is 2.49 bits per heavy atom. The van der Waals surface area contributed by atoms with E-state index in [4.69, 9.17) is 9.72 Å². The van der Waals surface area contributed by atoms with Gasteiger partial charge in [0.15, 0.2) is 12.3 Å². The Morgan fingerprint density at radius 1 is 0.943 bits per heavy atom. The van der Waals surface area contributed by atoms with Crippen molar-refractivity contribution in [3.8, 4) is 16.3 Å². The summed E-state index contributed by atoms with van der Waals surface area (Å²) in [5.74, 6) is -0.815. The summed E-state index contributed by atoms with van der Waals surface area (Å²) in [6.07, 6.45) is 0. The Kier molecular flexibility index (Phi) is 6.01. The monoisotopic (exact) mass is 481 g/mol. The third-order valence-electron chi connectivity index (χ3n) is 5.83. The molecule has 174 valence electrons. The van der Waals surface area contributed by atoms with E-state index in [0.29, 0.717) is 33.5 Å². The van der Waals surface area contributed by atoms with E-state index >= 15 is 0 Å². The molecule has 3 aromatic heterocycles. The van der Waals surface area contributed by atoms with Crippen molar-refractivity contribution >= 4 is 34.1 Å². The second-order valence-electron chi connectivity index (χ2n) is 8.38. The number of esters is 1. The van der Waals surface area contributed by atoms with Crippen LogP contribution < -0.4 is 0 Å². The number of fused-ring (bicyclic) bond motifs is 1. The maximum Gasteiger partial charge on any atom is 0.339 e. The van der Waals surface area contributed by atoms with Gasteiger partial charge in [-0.2, -0.15) is 5.10 Å². The van der Waals surface area contributed by atoms with Gasteiger partial charge in [0, 0.05) is 5.56 Å². The van der Waals surface area contributed by atoms with Gasteiger partial charge in [-0.1, -0.05) is 42.0 Å². The molecule has 6 nitrogen and oxygen atoms in total. The number of carbonyl (C=O) groups is 2. The zero-order valence-corrected chi connectivity index (χ0v) is 20.4. The van der Waals surface area contributed by atoms with Crippen LogP contribution in [0.2, 0.25) is 0 Å². The minimum absolute atomic E-state index is 0.236. The summed E-state index contributed by atoms with van der Waals surface area (Å²) in [4.78, 5) is 31.9. The highest BCUT2D eigenvalue weighted by molar-refractivity contribution is 7.13. The summed E-state index contributed by atoms with van der Waals surface area (Å²) in [5.41, 5.74) is 5.43. The predicted molar refractivity (Wildman–Crippen MR) is 137 cm³/mol. The fourth-order valence-corrected chi connectivity index (χ4v) is 4.76. The number of Topliss-reactive ketones (excluding diaryl/α,β-unsaturated/α-hetero) is 1. The van der Waals surface area contributed by atoms with Gasteiger partial charge in [-0.3, -0.25) is 4.79 Å². The molecule has 0 unspecified atom stereocenters. The largest absolute Gasteiger partial charge is 0.454 e. The number of para-hydroxylation sites is 1. The number of thiophene rings is 1. The standard InChI is InChI=1S/C28H23N3O3S/c1-17-11-12-18(2)21(14-17)24(32)16-34-28(33)22-15-23(25-10-7-13-35-25)29-27-26(22)19(3)30-31(27)20-8-5-4-6-9-20/h4-15H,16H2,1-3H3. The molecular formula is C28H23N3O3S. The maximum absolute atomic E-state index is 13.3. The van der Waals surface area contributed by atoms with E-state index in [2.05, 4.69) is 5.10 Å². The molecule has 0 saturated carbocycles. The van der Waals surface area contributed by atoms with Crippen molar-refractivity contribution in [3.63, 3.8) is 0 Å². The van der Waals surface area contributed by atoms with Crippen LogP contribution in [-0.4, -0.2) is 33.1 Å². The first-order valence-electron chi connectivity index (χ1n) is 11.2. The first-order valence-corrected chi connectivity index (χ1v) is 12.1. The summed E-state index contributed by atoms with van der Waals surface area (Å²) >= 11 is 1.53. The van der Waals surface area contributed by atoms with Gasteiger partial charge >= 0.3 is 5.97 Å². The van der Waals surface area contributed by atoms with Gasteiger partial charge in [-0.05, 0) is 62.0 Å². The van der Waals surface area contributed by atoms with E-state index in [1.165, 1.54) is 11.3 Å². The Morgan fingerprint density at radius 2 is 1.74 bits per heavy atom. The number of aromatic nitrogens is 3. The first-order chi connectivity index (χ1) is 16.9. The van der Waals surface area contributed by atoms with Crippen LogP contribution in [0.4, 0.5) is 0 Å². The third-order valence-corrected chi connectivity index (χ3v) is 6.73. The quantitative estimate of drug-likeness (QED) is 0.216. The number of ketones is 1. The molecular weight excluding hydrogens is 458 g/mol. The number of hydrogen-bond acceptors (Lipinski definition) is 6. The lowest BCUT2D eigenvalue weighted by Crippen LogP contribution is -2.16. The second kappa shape index (κ2) is 9.27. The van der Waals surface area contributed by atoms with Crippen molar-refractivity contribution in [2.24, 2.45) is 0 Å². The normalized spacial score (nSPS) is 11.1. The van der Waals surface area contributed by atoms with E-state index in [-0.39, 0.29) is 12.4 Å². The van der Waals surface area contributed by atoms with E-state index in [9.17, 15) is 9.59 Å². The smallest absolute Gasteiger partial charge is 0.339 e. The topological polar surface area (TPSA) is 74.1 Å². The van der Waals surface area contributed by atoms with E-state index in [1.807, 2.05) is 86.8 Å². The molecule has 2 aromatic carbocycles. The van der Waals surface area contributed by atoms with Crippen LogP contribution in [-0.2, 0) is 4.74 Å². The number of rotatable bonds is 6. The minimum Gasteiger partial charge on any atom is -0.454 e. The number of carbonyl (C=O) groups excluding carboxylic acids is 2. The Hall–Kier alpha value is -4.10. The number of ether oxygens (including phenoxy) is 1. The van der Waals surface area contributed by atoms with Gasteiger partial charge in [0.2, 0.25) is 5.78 Å². The molecule has 0 atom stereocenters. The molecule has 0 aliphatic carbocycles. The molecule has 35 heavy (non-hydrogen) atoms. The molecule has 0 N–H and O–H groups in total. The molecule has 3 heterocycles. The third kappa shape index (κ3) is 4.38. The molecule has 0 radical (unpaired) electrons. The zero-order valence-electron chi connectivity index (χ0n) is 19.6. The van der Waals surface area contributed by atoms with Crippen molar-refractivity contribution in [1.29, 1.82) is 0 Å². The summed E-state index contributed by atoms with van der Waals surface area (Å²) in [6.45, 7) is 5.30. The van der Waals surface area contributed by atoms with Gasteiger partial charge in [-0.15, -0.1) is 11.3 Å². The summed E-state index contributed by atoms with van der Waals surface area (Å²) in [7, 11) is 0. The van der Waals surface area contributed by atoms with Gasteiger partial charge in [0.1, 0.15) is 0 Å². The number of benzene rings is 2. The van der Waals surface area contributed by atoms with Crippen LogP contribution in [0.3, 0.4) is 0 Å². The highest BCUT2D eigenvalue weighted by Gasteiger charge is 2.23. The van der Waals surface area contributed by atoms with E-state index in [1.54, 1.807) is 10.7 Å². The van der Waals surface area contributed by atoms with Crippen molar-refractivity contribution in [3.05, 3.63) is 100 Å². The Labute approximate surface area is 206 Å². The molecule has 5 aromatic rings. The molecule has 0 fully saturated rings. The highest BCUT2D eigenvalue weighted by Crippen LogP contribution is 2.31. The molecule has 0 aliphatic heterocycles. The average molecular weight is 482 g/mol. The summed E-state index contributed by atoms with van der Waals surface area (Å²) in [5, 5.41) is 7.24. The first kappa shape index (κ1) is 22.7. The predicted octanol–water partition coefficient (Wildman–Crippen LogP) is 6.11. The molecule has 0 bridgehead atoms. The summed E-state index contributed by atoms with van der Waals surface area (Å²) < 4.78 is 7.28. The molecule has 0 aliphatic rings. The Balaban J connectivity index is 1.56.